The van der Waals surface area contributed by atoms with E-state index in [2.05, 4.69) is 0 Å². The molecule has 0 aliphatic heterocycles. The second-order valence-corrected chi connectivity index (χ2v) is 4.23. The molecule has 0 fully saturated rings. The number of carboxylic acids is 1. The molecule has 2 aromatic rings. The molecule has 0 saturated heterocycles. The first-order valence-corrected chi connectivity index (χ1v) is 5.56. The van der Waals surface area contributed by atoms with Gasteiger partial charge in [0.05, 0.1) is 4.92 Å². The van der Waals surface area contributed by atoms with Gasteiger partial charge in [-0.1, -0.05) is 0 Å². The Morgan fingerprint density at radius 1 is 1.32 bits per heavy atom. The van der Waals surface area contributed by atoms with Crippen molar-refractivity contribution in [3.63, 3.8) is 0 Å². The minimum Gasteiger partial charge on any atom is -0.477 e. The van der Waals surface area contributed by atoms with Crippen molar-refractivity contribution in [1.82, 2.24) is 4.57 Å². The monoisotopic (exact) mass is 260 g/mol. The minimum atomic E-state index is -1.01. The first-order valence-electron chi connectivity index (χ1n) is 5.56. The molecule has 0 spiro atoms. The number of aromatic carboxylic acids is 1. The molecule has 0 saturated carbocycles. The van der Waals surface area contributed by atoms with E-state index in [9.17, 15) is 14.9 Å². The van der Waals surface area contributed by atoms with Gasteiger partial charge in [-0.25, -0.2) is 4.79 Å². The fraction of sp³-hybridized carbons (Fsp3) is 0.154. The molecule has 0 bridgehead atoms. The Balaban J connectivity index is 2.51. The van der Waals surface area contributed by atoms with Gasteiger partial charge in [0.25, 0.3) is 5.69 Å². The van der Waals surface area contributed by atoms with Gasteiger partial charge in [-0.2, -0.15) is 0 Å². The Kier molecular flexibility index (Phi) is 3.08. The summed E-state index contributed by atoms with van der Waals surface area (Å²) in [7, 11) is 1.65. The average Bonchev–Trinajstić information content (AvgIpc) is 2.70. The molecule has 1 aromatic carbocycles. The van der Waals surface area contributed by atoms with Crippen molar-refractivity contribution >= 4 is 11.7 Å². The van der Waals surface area contributed by atoms with Crippen LogP contribution in [0.2, 0.25) is 0 Å². The second-order valence-electron chi connectivity index (χ2n) is 4.23. The molecule has 1 N–H and O–H groups in total. The average molecular weight is 260 g/mol. The number of benzene rings is 1. The minimum absolute atomic E-state index is 0.0522. The summed E-state index contributed by atoms with van der Waals surface area (Å²) in [6.45, 7) is 1.66. The normalized spacial score (nSPS) is 10.4. The van der Waals surface area contributed by atoms with Gasteiger partial charge < -0.3 is 9.67 Å². The number of carbonyl (C=O) groups is 1. The SMILES string of the molecule is Cc1cc(-c2ccc(C(=O)O)n2C)ccc1[N+](=O)[O-]. The summed E-state index contributed by atoms with van der Waals surface area (Å²) in [5, 5.41) is 19.7. The maximum absolute atomic E-state index is 11.0. The molecule has 98 valence electrons. The highest BCUT2D eigenvalue weighted by atomic mass is 16.6. The Morgan fingerprint density at radius 3 is 2.47 bits per heavy atom. The third-order valence-electron chi connectivity index (χ3n) is 3.03. The highest BCUT2D eigenvalue weighted by molar-refractivity contribution is 5.87. The lowest BCUT2D eigenvalue weighted by molar-refractivity contribution is -0.385. The van der Waals surface area contributed by atoms with E-state index in [1.807, 2.05) is 0 Å². The number of carboxylic acid groups (broad SMARTS) is 1. The summed E-state index contributed by atoms with van der Waals surface area (Å²) in [6.07, 6.45) is 0. The summed E-state index contributed by atoms with van der Waals surface area (Å²) in [5.41, 5.74) is 2.22. The molecule has 0 unspecified atom stereocenters. The number of nitrogens with zero attached hydrogens (tertiary/aromatic N) is 2. The number of hydrogen-bond donors (Lipinski definition) is 1. The molecule has 6 heteroatoms. The lowest BCUT2D eigenvalue weighted by Gasteiger charge is -2.06. The zero-order chi connectivity index (χ0) is 14.2. The smallest absolute Gasteiger partial charge is 0.352 e. The van der Waals surface area contributed by atoms with Crippen LogP contribution < -0.4 is 0 Å². The Hall–Kier alpha value is -2.63. The van der Waals surface area contributed by atoms with Crippen molar-refractivity contribution < 1.29 is 14.8 Å². The molecular formula is C13H12N2O4. The summed E-state index contributed by atoms with van der Waals surface area (Å²) in [5.74, 6) is -1.01. The van der Waals surface area contributed by atoms with E-state index in [0.29, 0.717) is 11.3 Å². The molecule has 1 aromatic heterocycles. The molecule has 2 rings (SSSR count). The number of nitro groups is 1. The maximum Gasteiger partial charge on any atom is 0.352 e. The lowest BCUT2D eigenvalue weighted by atomic mass is 10.1. The van der Waals surface area contributed by atoms with Crippen molar-refractivity contribution in [2.75, 3.05) is 0 Å². The van der Waals surface area contributed by atoms with Crippen LogP contribution >= 0.6 is 0 Å². The van der Waals surface area contributed by atoms with Crippen molar-refractivity contribution in [2.24, 2.45) is 7.05 Å². The Morgan fingerprint density at radius 2 is 2.00 bits per heavy atom. The number of rotatable bonds is 3. The molecule has 0 atom stereocenters. The van der Waals surface area contributed by atoms with Gasteiger partial charge in [-0.3, -0.25) is 10.1 Å². The van der Waals surface area contributed by atoms with E-state index in [1.54, 1.807) is 36.7 Å². The van der Waals surface area contributed by atoms with E-state index in [-0.39, 0.29) is 11.4 Å². The van der Waals surface area contributed by atoms with Crippen molar-refractivity contribution in [3.05, 3.63) is 51.7 Å². The first kappa shape index (κ1) is 12.8. The van der Waals surface area contributed by atoms with Crippen LogP contribution in [0.15, 0.2) is 30.3 Å². The molecule has 0 aliphatic carbocycles. The molecule has 0 amide bonds. The van der Waals surface area contributed by atoms with Crippen molar-refractivity contribution in [3.8, 4) is 11.3 Å². The van der Waals surface area contributed by atoms with Gasteiger partial charge in [0.1, 0.15) is 5.69 Å². The lowest BCUT2D eigenvalue weighted by Crippen LogP contribution is -2.05. The van der Waals surface area contributed by atoms with Crippen LogP contribution in [0.1, 0.15) is 16.1 Å². The van der Waals surface area contributed by atoms with E-state index in [4.69, 9.17) is 5.11 Å². The second kappa shape index (κ2) is 4.56. The molecule has 0 radical (unpaired) electrons. The molecule has 1 heterocycles. The molecular weight excluding hydrogens is 248 g/mol. The van der Waals surface area contributed by atoms with Crippen LogP contribution in [0, 0.1) is 17.0 Å². The molecule has 19 heavy (non-hydrogen) atoms. The summed E-state index contributed by atoms with van der Waals surface area (Å²) in [6, 6.07) is 7.92. The number of aromatic nitrogens is 1. The quantitative estimate of drug-likeness (QED) is 0.679. The highest BCUT2D eigenvalue weighted by Gasteiger charge is 2.15. The Labute approximate surface area is 109 Å². The van der Waals surface area contributed by atoms with Crippen LogP contribution in [-0.4, -0.2) is 20.6 Å². The molecule has 6 nitrogen and oxygen atoms in total. The zero-order valence-electron chi connectivity index (χ0n) is 10.5. The van der Waals surface area contributed by atoms with Gasteiger partial charge in [0.15, 0.2) is 0 Å². The van der Waals surface area contributed by atoms with Crippen LogP contribution in [0.25, 0.3) is 11.3 Å². The predicted molar refractivity (Wildman–Crippen MR) is 69.2 cm³/mol. The topological polar surface area (TPSA) is 85.4 Å². The summed E-state index contributed by atoms with van der Waals surface area (Å²) >= 11 is 0. The van der Waals surface area contributed by atoms with E-state index in [1.165, 1.54) is 12.1 Å². The van der Waals surface area contributed by atoms with Gasteiger partial charge in [0.2, 0.25) is 0 Å². The highest BCUT2D eigenvalue weighted by Crippen LogP contribution is 2.27. The van der Waals surface area contributed by atoms with Crippen molar-refractivity contribution in [1.29, 1.82) is 0 Å². The first-order chi connectivity index (χ1) is 8.91. The van der Waals surface area contributed by atoms with Gasteiger partial charge in [-0.15, -0.1) is 0 Å². The number of nitro benzene ring substituents is 1. The van der Waals surface area contributed by atoms with E-state index < -0.39 is 10.9 Å². The standard InChI is InChI=1S/C13H12N2O4/c1-8-7-9(3-4-10(8)15(18)19)11-5-6-12(13(16)17)14(11)2/h3-7H,1-2H3,(H,16,17). The van der Waals surface area contributed by atoms with Crippen LogP contribution in [0.3, 0.4) is 0 Å². The van der Waals surface area contributed by atoms with Crippen molar-refractivity contribution in [2.45, 2.75) is 6.92 Å². The Bertz CT molecular complexity index is 673. The number of hydrogen-bond acceptors (Lipinski definition) is 3. The zero-order valence-corrected chi connectivity index (χ0v) is 10.5. The maximum atomic E-state index is 11.0. The van der Waals surface area contributed by atoms with E-state index >= 15 is 0 Å². The third-order valence-corrected chi connectivity index (χ3v) is 3.03. The predicted octanol–water partition coefficient (Wildman–Crippen LogP) is 2.61. The largest absolute Gasteiger partial charge is 0.477 e. The van der Waals surface area contributed by atoms with Gasteiger partial charge >= 0.3 is 5.97 Å². The van der Waals surface area contributed by atoms with E-state index in [0.717, 1.165) is 5.56 Å². The molecule has 0 aliphatic rings. The fourth-order valence-electron chi connectivity index (χ4n) is 2.04. The van der Waals surface area contributed by atoms with Crippen LogP contribution in [0.5, 0.6) is 0 Å². The van der Waals surface area contributed by atoms with Gasteiger partial charge in [0, 0.05) is 24.4 Å². The number of aryl methyl sites for hydroxylation is 1. The summed E-state index contributed by atoms with van der Waals surface area (Å²) in [4.78, 5) is 21.3. The van der Waals surface area contributed by atoms with Crippen LogP contribution in [-0.2, 0) is 7.05 Å². The fourth-order valence-corrected chi connectivity index (χ4v) is 2.04. The van der Waals surface area contributed by atoms with Crippen LogP contribution in [0.4, 0.5) is 5.69 Å². The summed E-state index contributed by atoms with van der Waals surface area (Å²) < 4.78 is 1.54. The van der Waals surface area contributed by atoms with Gasteiger partial charge in [-0.05, 0) is 36.8 Å². The third kappa shape index (κ3) is 2.20.